The van der Waals surface area contributed by atoms with Gasteiger partial charge in [0, 0.05) is 33.2 Å². The predicted octanol–water partition coefficient (Wildman–Crippen LogP) is 0.869. The summed E-state index contributed by atoms with van der Waals surface area (Å²) in [5, 5.41) is 3.31. The molecule has 4 heteroatoms. The van der Waals surface area contributed by atoms with Crippen LogP contribution < -0.4 is 5.32 Å². The third-order valence-corrected chi connectivity index (χ3v) is 3.22. The lowest BCUT2D eigenvalue weighted by Crippen LogP contribution is -2.44. The van der Waals surface area contributed by atoms with Crippen molar-refractivity contribution in [3.8, 4) is 0 Å². The molecule has 1 aliphatic rings. The van der Waals surface area contributed by atoms with Crippen LogP contribution in [0.3, 0.4) is 0 Å². The van der Waals surface area contributed by atoms with Crippen LogP contribution >= 0.6 is 0 Å². The first-order valence-electron chi connectivity index (χ1n) is 6.10. The molecule has 1 saturated heterocycles. The molecule has 0 aromatic carbocycles. The van der Waals surface area contributed by atoms with Crippen molar-refractivity contribution >= 4 is 5.91 Å². The number of rotatable bonds is 5. The van der Waals surface area contributed by atoms with Crippen LogP contribution in [0.1, 0.15) is 26.2 Å². The molecule has 1 heterocycles. The summed E-state index contributed by atoms with van der Waals surface area (Å²) in [6.07, 6.45) is 2.73. The second-order valence-corrected chi connectivity index (χ2v) is 4.75. The summed E-state index contributed by atoms with van der Waals surface area (Å²) >= 11 is 0. The molecule has 0 aromatic heterocycles. The normalized spacial score (nSPS) is 19.4. The minimum atomic E-state index is 0.247. The lowest BCUT2D eigenvalue weighted by atomic mass is 10.0. The molecule has 1 fully saturated rings. The van der Waals surface area contributed by atoms with E-state index >= 15 is 0 Å². The minimum absolute atomic E-state index is 0.247. The number of methoxy groups -OCH3 is 1. The lowest BCUT2D eigenvalue weighted by molar-refractivity contribution is -0.133. The topological polar surface area (TPSA) is 41.6 Å². The molecule has 0 spiro atoms. The third-order valence-electron chi connectivity index (χ3n) is 3.22. The zero-order valence-corrected chi connectivity index (χ0v) is 10.7. The van der Waals surface area contributed by atoms with Crippen molar-refractivity contribution < 1.29 is 9.53 Å². The van der Waals surface area contributed by atoms with Gasteiger partial charge in [0.25, 0.3) is 0 Å². The van der Waals surface area contributed by atoms with Crippen LogP contribution in [0.2, 0.25) is 0 Å². The van der Waals surface area contributed by atoms with Crippen LogP contribution in [0.4, 0.5) is 0 Å². The highest BCUT2D eigenvalue weighted by Crippen LogP contribution is 2.13. The zero-order chi connectivity index (χ0) is 12.0. The van der Waals surface area contributed by atoms with E-state index in [9.17, 15) is 4.79 Å². The Labute approximate surface area is 98.3 Å². The van der Waals surface area contributed by atoms with E-state index < -0.39 is 0 Å². The number of piperidine rings is 1. The molecular formula is C12H24N2O2. The van der Waals surface area contributed by atoms with Gasteiger partial charge >= 0.3 is 0 Å². The van der Waals surface area contributed by atoms with Gasteiger partial charge < -0.3 is 15.0 Å². The second kappa shape index (κ2) is 6.86. The molecule has 1 atom stereocenters. The van der Waals surface area contributed by atoms with E-state index in [2.05, 4.69) is 12.2 Å². The zero-order valence-electron chi connectivity index (χ0n) is 10.7. The maximum atomic E-state index is 12.0. The largest absolute Gasteiger partial charge is 0.384 e. The Balaban J connectivity index is 2.34. The van der Waals surface area contributed by atoms with E-state index in [1.807, 2.05) is 11.9 Å². The van der Waals surface area contributed by atoms with Crippen LogP contribution in [0.5, 0.6) is 0 Å². The Bertz CT molecular complexity index is 215. The molecule has 1 amide bonds. The van der Waals surface area contributed by atoms with E-state index in [0.29, 0.717) is 25.0 Å². The summed E-state index contributed by atoms with van der Waals surface area (Å²) in [6.45, 7) is 4.76. The van der Waals surface area contributed by atoms with Gasteiger partial charge in [0.15, 0.2) is 0 Å². The average Bonchev–Trinajstić information content (AvgIpc) is 2.29. The first-order chi connectivity index (χ1) is 7.65. The lowest BCUT2D eigenvalue weighted by Gasteiger charge is -2.32. The van der Waals surface area contributed by atoms with Crippen LogP contribution in [-0.4, -0.2) is 50.7 Å². The van der Waals surface area contributed by atoms with E-state index in [-0.39, 0.29) is 5.91 Å². The number of nitrogens with one attached hydrogen (secondary N) is 1. The molecule has 1 rings (SSSR count). The third kappa shape index (κ3) is 4.10. The Kier molecular flexibility index (Phi) is 5.77. The van der Waals surface area contributed by atoms with Crippen molar-refractivity contribution in [1.29, 1.82) is 0 Å². The van der Waals surface area contributed by atoms with Crippen LogP contribution in [0, 0.1) is 5.92 Å². The number of hydrogen-bond acceptors (Lipinski definition) is 3. The molecule has 16 heavy (non-hydrogen) atoms. The number of nitrogens with zero attached hydrogens (tertiary/aromatic N) is 1. The van der Waals surface area contributed by atoms with E-state index in [1.165, 1.54) is 0 Å². The number of carbonyl (C=O) groups excluding carboxylic acids is 1. The van der Waals surface area contributed by atoms with E-state index in [4.69, 9.17) is 4.74 Å². The highest BCUT2D eigenvalue weighted by molar-refractivity contribution is 5.76. The summed E-state index contributed by atoms with van der Waals surface area (Å²) in [7, 11) is 3.61. The maximum Gasteiger partial charge on any atom is 0.222 e. The molecule has 1 N–H and O–H groups in total. The fourth-order valence-corrected chi connectivity index (χ4v) is 2.18. The Morgan fingerprint density at radius 1 is 1.50 bits per heavy atom. The van der Waals surface area contributed by atoms with Crippen molar-refractivity contribution in [1.82, 2.24) is 10.2 Å². The average molecular weight is 228 g/mol. The molecule has 94 valence electrons. The first-order valence-corrected chi connectivity index (χ1v) is 6.10. The fraction of sp³-hybridized carbons (Fsp3) is 0.917. The van der Waals surface area contributed by atoms with Gasteiger partial charge in [0.1, 0.15) is 0 Å². The summed E-state index contributed by atoms with van der Waals surface area (Å²) in [5.74, 6) is 0.554. The smallest absolute Gasteiger partial charge is 0.222 e. The molecule has 0 aromatic rings. The van der Waals surface area contributed by atoms with Gasteiger partial charge in [0.05, 0.1) is 0 Å². The fourth-order valence-electron chi connectivity index (χ4n) is 2.18. The van der Waals surface area contributed by atoms with Crippen molar-refractivity contribution in [2.45, 2.75) is 32.2 Å². The molecule has 0 radical (unpaired) electrons. The number of carbonyl (C=O) groups is 1. The van der Waals surface area contributed by atoms with Crippen molar-refractivity contribution in [3.63, 3.8) is 0 Å². The minimum Gasteiger partial charge on any atom is -0.384 e. The van der Waals surface area contributed by atoms with Crippen LogP contribution in [0.15, 0.2) is 0 Å². The molecular weight excluding hydrogens is 204 g/mol. The second-order valence-electron chi connectivity index (χ2n) is 4.75. The van der Waals surface area contributed by atoms with Crippen molar-refractivity contribution in [2.75, 3.05) is 33.9 Å². The van der Waals surface area contributed by atoms with Gasteiger partial charge in [-0.2, -0.15) is 0 Å². The standard InChI is InChI=1S/C12H24N2O2/c1-10(9-16-3)8-12(15)14(2)11-4-6-13-7-5-11/h10-11,13H,4-9H2,1-3H3. The highest BCUT2D eigenvalue weighted by Gasteiger charge is 2.22. The quantitative estimate of drug-likeness (QED) is 0.759. The first kappa shape index (κ1) is 13.5. The van der Waals surface area contributed by atoms with Crippen molar-refractivity contribution in [2.24, 2.45) is 5.92 Å². The van der Waals surface area contributed by atoms with E-state index in [1.54, 1.807) is 7.11 Å². The van der Waals surface area contributed by atoms with Gasteiger partial charge in [-0.05, 0) is 31.8 Å². The summed E-state index contributed by atoms with van der Waals surface area (Å²) in [4.78, 5) is 13.9. The van der Waals surface area contributed by atoms with Gasteiger partial charge in [-0.15, -0.1) is 0 Å². The maximum absolute atomic E-state index is 12.0. The highest BCUT2D eigenvalue weighted by atomic mass is 16.5. The summed E-state index contributed by atoms with van der Waals surface area (Å²) in [5.41, 5.74) is 0. The molecule has 0 saturated carbocycles. The Hall–Kier alpha value is -0.610. The summed E-state index contributed by atoms with van der Waals surface area (Å²) in [6, 6.07) is 0.420. The molecule has 0 aliphatic carbocycles. The predicted molar refractivity (Wildman–Crippen MR) is 64.3 cm³/mol. The van der Waals surface area contributed by atoms with Crippen molar-refractivity contribution in [3.05, 3.63) is 0 Å². The monoisotopic (exact) mass is 228 g/mol. The van der Waals surface area contributed by atoms with Crippen LogP contribution in [-0.2, 0) is 9.53 Å². The molecule has 1 aliphatic heterocycles. The SMILES string of the molecule is COCC(C)CC(=O)N(C)C1CCNCC1. The summed E-state index contributed by atoms with van der Waals surface area (Å²) < 4.78 is 5.05. The number of amides is 1. The van der Waals surface area contributed by atoms with Gasteiger partial charge in [-0.3, -0.25) is 4.79 Å². The van der Waals surface area contributed by atoms with Gasteiger partial charge in [-0.1, -0.05) is 6.92 Å². The van der Waals surface area contributed by atoms with Crippen LogP contribution in [0.25, 0.3) is 0 Å². The molecule has 4 nitrogen and oxygen atoms in total. The Morgan fingerprint density at radius 3 is 2.69 bits per heavy atom. The Morgan fingerprint density at radius 2 is 2.12 bits per heavy atom. The molecule has 0 bridgehead atoms. The van der Waals surface area contributed by atoms with Gasteiger partial charge in [-0.25, -0.2) is 0 Å². The molecule has 1 unspecified atom stereocenters. The van der Waals surface area contributed by atoms with Gasteiger partial charge in [0.2, 0.25) is 5.91 Å². The van der Waals surface area contributed by atoms with E-state index in [0.717, 1.165) is 25.9 Å². The number of ether oxygens (including phenoxy) is 1. The number of hydrogen-bond donors (Lipinski definition) is 1.